The Bertz CT molecular complexity index is 199. The van der Waals surface area contributed by atoms with Gasteiger partial charge in [0.25, 0.3) is 0 Å². The molecular formula is C8H12N2O. The molecule has 11 heavy (non-hydrogen) atoms. The molecule has 1 aromatic heterocycles. The first kappa shape index (κ1) is 8.01. The first-order valence-electron chi connectivity index (χ1n) is 3.61. The molecule has 1 rings (SSSR count). The summed E-state index contributed by atoms with van der Waals surface area (Å²) >= 11 is 0. The van der Waals surface area contributed by atoms with Crippen molar-refractivity contribution in [3.05, 3.63) is 24.5 Å². The average Bonchev–Trinajstić information content (AvgIpc) is 2.03. The molecule has 0 amide bonds. The van der Waals surface area contributed by atoms with Crippen LogP contribution in [0.5, 0.6) is 0 Å². The Morgan fingerprint density at radius 2 is 2.18 bits per heavy atom. The third kappa shape index (κ3) is 3.00. The second kappa shape index (κ2) is 3.93. The maximum absolute atomic E-state index is 8.94. The molecule has 0 aliphatic carbocycles. The van der Waals surface area contributed by atoms with Crippen LogP contribution in [0.4, 0.5) is 5.69 Å². The smallest absolute Gasteiger partial charge is 0.0684 e. The molecule has 1 heterocycles. The summed E-state index contributed by atoms with van der Waals surface area (Å²) in [5, 5.41) is 12.0. The lowest BCUT2D eigenvalue weighted by atomic mass is 10.3. The number of rotatable bonds is 3. The Labute approximate surface area is 66.1 Å². The molecule has 2 N–H and O–H groups in total. The lowest BCUT2D eigenvalue weighted by molar-refractivity contribution is 0.208. The van der Waals surface area contributed by atoms with Crippen LogP contribution in [0, 0.1) is 0 Å². The van der Waals surface area contributed by atoms with Crippen LogP contribution >= 0.6 is 0 Å². The number of anilines is 1. The Kier molecular flexibility index (Phi) is 2.86. The summed E-state index contributed by atoms with van der Waals surface area (Å²) in [6.45, 7) is 2.32. The molecule has 0 bridgehead atoms. The van der Waals surface area contributed by atoms with Crippen LogP contribution in [0.15, 0.2) is 24.5 Å². The summed E-state index contributed by atoms with van der Waals surface area (Å²) in [4.78, 5) is 3.87. The van der Waals surface area contributed by atoms with E-state index in [0.717, 1.165) is 5.69 Å². The van der Waals surface area contributed by atoms with E-state index in [1.54, 1.807) is 19.3 Å². The normalized spacial score (nSPS) is 12.5. The Hall–Kier alpha value is -1.09. The van der Waals surface area contributed by atoms with Gasteiger partial charge in [-0.1, -0.05) is 0 Å². The molecule has 0 saturated heterocycles. The largest absolute Gasteiger partial charge is 0.392 e. The highest BCUT2D eigenvalue weighted by Gasteiger charge is 1.93. The van der Waals surface area contributed by atoms with Gasteiger partial charge in [0.2, 0.25) is 0 Å². The van der Waals surface area contributed by atoms with Crippen LogP contribution in [0.25, 0.3) is 0 Å². The van der Waals surface area contributed by atoms with Gasteiger partial charge in [-0.05, 0) is 19.1 Å². The second-order valence-corrected chi connectivity index (χ2v) is 2.47. The topological polar surface area (TPSA) is 45.1 Å². The van der Waals surface area contributed by atoms with E-state index in [2.05, 4.69) is 10.3 Å². The summed E-state index contributed by atoms with van der Waals surface area (Å²) in [5.74, 6) is 0. The number of nitrogens with zero attached hydrogens (tertiary/aromatic N) is 1. The number of aliphatic hydroxyl groups is 1. The fraction of sp³-hybridized carbons (Fsp3) is 0.375. The van der Waals surface area contributed by atoms with Crippen LogP contribution in [-0.4, -0.2) is 22.7 Å². The van der Waals surface area contributed by atoms with E-state index in [1.165, 1.54) is 0 Å². The maximum Gasteiger partial charge on any atom is 0.0684 e. The second-order valence-electron chi connectivity index (χ2n) is 2.47. The van der Waals surface area contributed by atoms with Gasteiger partial charge in [-0.2, -0.15) is 0 Å². The minimum Gasteiger partial charge on any atom is -0.392 e. The molecule has 1 aromatic rings. The highest BCUT2D eigenvalue weighted by molar-refractivity contribution is 5.40. The van der Waals surface area contributed by atoms with Gasteiger partial charge in [-0.15, -0.1) is 0 Å². The van der Waals surface area contributed by atoms with Crippen molar-refractivity contribution >= 4 is 5.69 Å². The van der Waals surface area contributed by atoms with Gasteiger partial charge < -0.3 is 10.4 Å². The molecule has 0 radical (unpaired) electrons. The highest BCUT2D eigenvalue weighted by Crippen LogP contribution is 2.02. The van der Waals surface area contributed by atoms with E-state index < -0.39 is 0 Å². The predicted octanol–water partition coefficient (Wildman–Crippen LogP) is 0.874. The van der Waals surface area contributed by atoms with Crippen molar-refractivity contribution in [3.63, 3.8) is 0 Å². The molecule has 1 atom stereocenters. The molecule has 3 heteroatoms. The summed E-state index contributed by atoms with van der Waals surface area (Å²) in [6.07, 6.45) is 3.11. The first-order valence-corrected chi connectivity index (χ1v) is 3.61. The Morgan fingerprint density at radius 1 is 1.55 bits per heavy atom. The number of pyridine rings is 1. The lowest BCUT2D eigenvalue weighted by Gasteiger charge is -2.06. The van der Waals surface area contributed by atoms with Crippen molar-refractivity contribution in [2.75, 3.05) is 11.9 Å². The molecule has 60 valence electrons. The molecule has 0 fully saturated rings. The minimum absolute atomic E-state index is 0.317. The fourth-order valence-corrected chi connectivity index (χ4v) is 0.735. The number of aliphatic hydroxyl groups excluding tert-OH is 1. The minimum atomic E-state index is -0.317. The molecule has 0 spiro atoms. The summed E-state index contributed by atoms with van der Waals surface area (Å²) < 4.78 is 0. The molecular weight excluding hydrogens is 140 g/mol. The molecule has 1 unspecified atom stereocenters. The number of aromatic nitrogens is 1. The van der Waals surface area contributed by atoms with Crippen molar-refractivity contribution in [1.29, 1.82) is 0 Å². The molecule has 0 aromatic carbocycles. The molecule has 3 nitrogen and oxygen atoms in total. The van der Waals surface area contributed by atoms with E-state index in [9.17, 15) is 0 Å². The van der Waals surface area contributed by atoms with Crippen molar-refractivity contribution in [1.82, 2.24) is 4.98 Å². The van der Waals surface area contributed by atoms with Crippen molar-refractivity contribution in [2.45, 2.75) is 13.0 Å². The van der Waals surface area contributed by atoms with Crippen molar-refractivity contribution in [2.24, 2.45) is 0 Å². The van der Waals surface area contributed by atoms with E-state index in [0.29, 0.717) is 6.54 Å². The van der Waals surface area contributed by atoms with Gasteiger partial charge in [-0.3, -0.25) is 4.98 Å². The Morgan fingerprint density at radius 3 is 2.73 bits per heavy atom. The average molecular weight is 152 g/mol. The van der Waals surface area contributed by atoms with Gasteiger partial charge in [0.05, 0.1) is 6.10 Å². The van der Waals surface area contributed by atoms with Crippen LogP contribution in [0.3, 0.4) is 0 Å². The zero-order valence-corrected chi connectivity index (χ0v) is 6.49. The van der Waals surface area contributed by atoms with Crippen molar-refractivity contribution in [3.8, 4) is 0 Å². The highest BCUT2D eigenvalue weighted by atomic mass is 16.3. The molecule has 0 aliphatic rings. The van der Waals surface area contributed by atoms with Crippen molar-refractivity contribution < 1.29 is 5.11 Å². The fourth-order valence-electron chi connectivity index (χ4n) is 0.735. The van der Waals surface area contributed by atoms with Gasteiger partial charge in [-0.25, -0.2) is 0 Å². The maximum atomic E-state index is 8.94. The van der Waals surface area contributed by atoms with E-state index in [1.807, 2.05) is 12.1 Å². The standard InChI is InChI=1S/C8H12N2O/c1-7(11)6-10-8-2-4-9-5-3-8/h2-5,7,11H,6H2,1H3,(H,9,10). The summed E-state index contributed by atoms with van der Waals surface area (Å²) in [5.41, 5.74) is 0.987. The number of nitrogens with one attached hydrogen (secondary N) is 1. The van der Waals surface area contributed by atoms with Crippen LogP contribution in [0.1, 0.15) is 6.92 Å². The third-order valence-corrected chi connectivity index (χ3v) is 1.28. The van der Waals surface area contributed by atoms with E-state index >= 15 is 0 Å². The number of hydrogen-bond donors (Lipinski definition) is 2. The van der Waals surface area contributed by atoms with Gasteiger partial charge in [0.15, 0.2) is 0 Å². The molecule has 0 aliphatic heterocycles. The monoisotopic (exact) mass is 152 g/mol. The zero-order valence-electron chi connectivity index (χ0n) is 6.49. The number of hydrogen-bond acceptors (Lipinski definition) is 3. The predicted molar refractivity (Wildman–Crippen MR) is 44.4 cm³/mol. The molecule has 0 saturated carbocycles. The summed E-state index contributed by atoms with van der Waals surface area (Å²) in [7, 11) is 0. The van der Waals surface area contributed by atoms with Gasteiger partial charge in [0.1, 0.15) is 0 Å². The van der Waals surface area contributed by atoms with E-state index in [-0.39, 0.29) is 6.10 Å². The van der Waals surface area contributed by atoms with Crippen LogP contribution < -0.4 is 5.32 Å². The SMILES string of the molecule is CC(O)CNc1ccncc1. The van der Waals surface area contributed by atoms with Crippen LogP contribution in [0.2, 0.25) is 0 Å². The van der Waals surface area contributed by atoms with E-state index in [4.69, 9.17) is 5.11 Å². The van der Waals surface area contributed by atoms with Crippen LogP contribution in [-0.2, 0) is 0 Å². The van der Waals surface area contributed by atoms with Gasteiger partial charge in [0, 0.05) is 24.6 Å². The Balaban J connectivity index is 2.39. The third-order valence-electron chi connectivity index (χ3n) is 1.28. The summed E-state index contributed by atoms with van der Waals surface area (Å²) in [6, 6.07) is 3.73. The lowest BCUT2D eigenvalue weighted by Crippen LogP contribution is -2.15. The first-order chi connectivity index (χ1) is 5.29. The quantitative estimate of drug-likeness (QED) is 0.675. The van der Waals surface area contributed by atoms with Gasteiger partial charge >= 0.3 is 0 Å². The zero-order chi connectivity index (χ0) is 8.10.